The highest BCUT2D eigenvalue weighted by atomic mass is 79.9. The summed E-state index contributed by atoms with van der Waals surface area (Å²) in [7, 11) is 0. The van der Waals surface area contributed by atoms with Crippen molar-refractivity contribution >= 4 is 15.9 Å². The topological polar surface area (TPSA) is 38.7 Å². The lowest BCUT2D eigenvalue weighted by Crippen LogP contribution is -1.93. The Morgan fingerprint density at radius 3 is 3.00 bits per heavy atom. The molecule has 1 aromatic rings. The summed E-state index contributed by atoms with van der Waals surface area (Å²) >= 11 is 3.40. The lowest BCUT2D eigenvalue weighted by Gasteiger charge is -2.07. The number of ether oxygens (including phenoxy) is 2. The molecule has 0 saturated heterocycles. The molecule has 4 heteroatoms. The number of benzene rings is 1. The second-order valence-electron chi connectivity index (χ2n) is 2.87. The Balaban J connectivity index is 2.61. The Bertz CT molecular complexity index is 348. The molecular weight excluding hydrogens is 236 g/mol. The van der Waals surface area contributed by atoms with E-state index in [9.17, 15) is 0 Å². The molecule has 1 aliphatic rings. The Labute approximate surface area is 84.4 Å². The van der Waals surface area contributed by atoms with Crippen molar-refractivity contribution in [2.45, 2.75) is 13.5 Å². The molecule has 1 N–H and O–H groups in total. The van der Waals surface area contributed by atoms with Crippen molar-refractivity contribution in [1.29, 1.82) is 0 Å². The van der Waals surface area contributed by atoms with Crippen LogP contribution in [-0.2, 0) is 6.61 Å². The molecule has 0 radical (unpaired) electrons. The third-order valence-corrected chi connectivity index (χ3v) is 3.17. The maximum Gasteiger partial charge on any atom is 0.231 e. The average Bonchev–Trinajstić information content (AvgIpc) is 2.59. The highest BCUT2D eigenvalue weighted by Gasteiger charge is 2.20. The Kier molecular flexibility index (Phi) is 2.17. The first kappa shape index (κ1) is 8.84. The van der Waals surface area contributed by atoms with Crippen LogP contribution in [0.3, 0.4) is 0 Å². The highest BCUT2D eigenvalue weighted by molar-refractivity contribution is 9.10. The van der Waals surface area contributed by atoms with Crippen LogP contribution in [0.2, 0.25) is 0 Å². The molecule has 0 fully saturated rings. The van der Waals surface area contributed by atoms with Gasteiger partial charge < -0.3 is 14.6 Å². The van der Waals surface area contributed by atoms with E-state index in [1.54, 1.807) is 6.07 Å². The predicted octanol–water partition coefficient (Wildman–Crippen LogP) is 1.98. The first-order chi connectivity index (χ1) is 6.24. The molecule has 1 heterocycles. The summed E-state index contributed by atoms with van der Waals surface area (Å²) in [4.78, 5) is 0. The van der Waals surface area contributed by atoms with Gasteiger partial charge in [-0.25, -0.2) is 0 Å². The van der Waals surface area contributed by atoms with E-state index >= 15 is 0 Å². The highest BCUT2D eigenvalue weighted by Crippen LogP contribution is 2.41. The van der Waals surface area contributed by atoms with Gasteiger partial charge in [0.2, 0.25) is 6.79 Å². The van der Waals surface area contributed by atoms with Crippen LogP contribution in [0.15, 0.2) is 10.5 Å². The number of hydrogen-bond acceptors (Lipinski definition) is 3. The van der Waals surface area contributed by atoms with E-state index in [1.165, 1.54) is 0 Å². The van der Waals surface area contributed by atoms with E-state index in [-0.39, 0.29) is 13.4 Å². The average molecular weight is 245 g/mol. The number of halogens is 1. The monoisotopic (exact) mass is 244 g/mol. The summed E-state index contributed by atoms with van der Waals surface area (Å²) in [6.45, 7) is 2.19. The molecule has 0 atom stereocenters. The summed E-state index contributed by atoms with van der Waals surface area (Å²) in [5.74, 6) is 1.48. The van der Waals surface area contributed by atoms with Crippen LogP contribution in [0.5, 0.6) is 11.5 Å². The SMILES string of the molecule is Cc1c(Br)c(CO)cc2c1OCO2. The van der Waals surface area contributed by atoms with Gasteiger partial charge in [-0.15, -0.1) is 0 Å². The van der Waals surface area contributed by atoms with Gasteiger partial charge in [0.1, 0.15) is 0 Å². The molecule has 1 aromatic carbocycles. The molecule has 0 amide bonds. The Morgan fingerprint density at radius 1 is 1.54 bits per heavy atom. The first-order valence-corrected chi connectivity index (χ1v) is 4.71. The van der Waals surface area contributed by atoms with Gasteiger partial charge in [0.15, 0.2) is 11.5 Å². The zero-order valence-electron chi connectivity index (χ0n) is 7.13. The maximum atomic E-state index is 9.05. The van der Waals surface area contributed by atoms with Crippen molar-refractivity contribution in [1.82, 2.24) is 0 Å². The van der Waals surface area contributed by atoms with Crippen LogP contribution in [0.4, 0.5) is 0 Å². The standard InChI is InChI=1S/C9H9BrO3/c1-5-8(10)6(3-11)2-7-9(5)13-4-12-7/h2,11H,3-4H2,1H3. The molecule has 70 valence electrons. The summed E-state index contributed by atoms with van der Waals surface area (Å²) in [5.41, 5.74) is 1.79. The van der Waals surface area contributed by atoms with Gasteiger partial charge in [-0.2, -0.15) is 0 Å². The quantitative estimate of drug-likeness (QED) is 0.822. The lowest BCUT2D eigenvalue weighted by atomic mass is 10.1. The van der Waals surface area contributed by atoms with Crippen molar-refractivity contribution < 1.29 is 14.6 Å². The summed E-state index contributed by atoms with van der Waals surface area (Å²) < 4.78 is 11.4. The van der Waals surface area contributed by atoms with Gasteiger partial charge in [-0.3, -0.25) is 0 Å². The first-order valence-electron chi connectivity index (χ1n) is 3.92. The van der Waals surface area contributed by atoms with Crippen LogP contribution in [-0.4, -0.2) is 11.9 Å². The fraction of sp³-hybridized carbons (Fsp3) is 0.333. The molecule has 0 unspecified atom stereocenters. The van der Waals surface area contributed by atoms with Crippen molar-refractivity contribution in [3.63, 3.8) is 0 Å². The third-order valence-electron chi connectivity index (χ3n) is 2.07. The molecule has 0 aliphatic carbocycles. The smallest absolute Gasteiger partial charge is 0.231 e. The number of aliphatic hydroxyl groups is 1. The van der Waals surface area contributed by atoms with Crippen molar-refractivity contribution in [2.75, 3.05) is 6.79 Å². The van der Waals surface area contributed by atoms with Crippen molar-refractivity contribution in [2.24, 2.45) is 0 Å². The van der Waals surface area contributed by atoms with Gasteiger partial charge >= 0.3 is 0 Å². The van der Waals surface area contributed by atoms with Crippen molar-refractivity contribution in [3.05, 3.63) is 21.7 Å². The molecule has 0 saturated carbocycles. The van der Waals surface area contributed by atoms with Crippen LogP contribution in [0.25, 0.3) is 0 Å². The van der Waals surface area contributed by atoms with Crippen molar-refractivity contribution in [3.8, 4) is 11.5 Å². The Morgan fingerprint density at radius 2 is 2.31 bits per heavy atom. The zero-order chi connectivity index (χ0) is 9.42. The minimum absolute atomic E-state index is 0.00192. The minimum Gasteiger partial charge on any atom is -0.454 e. The molecule has 0 bridgehead atoms. The zero-order valence-corrected chi connectivity index (χ0v) is 8.72. The van der Waals surface area contributed by atoms with Gasteiger partial charge in [0.05, 0.1) is 6.61 Å². The number of aliphatic hydroxyl groups excluding tert-OH is 1. The molecule has 1 aliphatic heterocycles. The lowest BCUT2D eigenvalue weighted by molar-refractivity contribution is 0.173. The maximum absolute atomic E-state index is 9.05. The van der Waals surface area contributed by atoms with Crippen LogP contribution < -0.4 is 9.47 Å². The predicted molar refractivity (Wildman–Crippen MR) is 50.9 cm³/mol. The van der Waals surface area contributed by atoms with Crippen LogP contribution in [0, 0.1) is 6.92 Å². The van der Waals surface area contributed by atoms with Crippen LogP contribution >= 0.6 is 15.9 Å². The normalized spacial score (nSPS) is 13.5. The van der Waals surface area contributed by atoms with Gasteiger partial charge in [-0.1, -0.05) is 15.9 Å². The van der Waals surface area contributed by atoms with E-state index in [4.69, 9.17) is 14.6 Å². The summed E-state index contributed by atoms with van der Waals surface area (Å²) in [6.07, 6.45) is 0. The van der Waals surface area contributed by atoms with E-state index in [0.29, 0.717) is 5.75 Å². The Hall–Kier alpha value is -0.740. The molecule has 0 spiro atoms. The van der Waals surface area contributed by atoms with E-state index in [2.05, 4.69) is 15.9 Å². The second kappa shape index (κ2) is 3.20. The molecule has 2 rings (SSSR count). The van der Waals surface area contributed by atoms with Gasteiger partial charge in [-0.05, 0) is 18.6 Å². The van der Waals surface area contributed by atoms with Gasteiger partial charge in [0.25, 0.3) is 0 Å². The number of hydrogen-bond donors (Lipinski definition) is 1. The summed E-state index contributed by atoms with van der Waals surface area (Å²) in [5, 5.41) is 9.05. The minimum atomic E-state index is -0.00192. The largest absolute Gasteiger partial charge is 0.454 e. The van der Waals surface area contributed by atoms with Gasteiger partial charge in [0, 0.05) is 10.0 Å². The van der Waals surface area contributed by atoms with E-state index < -0.39 is 0 Å². The molecule has 13 heavy (non-hydrogen) atoms. The van der Waals surface area contributed by atoms with E-state index in [1.807, 2.05) is 6.92 Å². The third kappa shape index (κ3) is 1.30. The van der Waals surface area contributed by atoms with Crippen LogP contribution in [0.1, 0.15) is 11.1 Å². The molecular formula is C9H9BrO3. The molecule has 0 aromatic heterocycles. The molecule has 3 nitrogen and oxygen atoms in total. The van der Waals surface area contributed by atoms with E-state index in [0.717, 1.165) is 21.3 Å². The fourth-order valence-corrected chi connectivity index (χ4v) is 1.79. The number of fused-ring (bicyclic) bond motifs is 1. The fourth-order valence-electron chi connectivity index (χ4n) is 1.37. The second-order valence-corrected chi connectivity index (χ2v) is 3.66. The number of rotatable bonds is 1. The summed E-state index contributed by atoms with van der Waals surface area (Å²) in [6, 6.07) is 1.79.